The van der Waals surface area contributed by atoms with E-state index in [1.165, 1.54) is 18.3 Å². The van der Waals surface area contributed by atoms with Crippen LogP contribution in [0.4, 0.5) is 4.39 Å². The van der Waals surface area contributed by atoms with Crippen molar-refractivity contribution in [1.82, 2.24) is 25.1 Å². The normalized spacial score (nSPS) is 15.5. The molecule has 156 valence electrons. The van der Waals surface area contributed by atoms with Crippen LogP contribution in [0.5, 0.6) is 0 Å². The summed E-state index contributed by atoms with van der Waals surface area (Å²) in [6, 6.07) is 9.55. The Morgan fingerprint density at radius 2 is 1.87 bits per heavy atom. The SMILES string of the molecule is CS(=O)c1ccc(C2(NC(=O)c3cncc4c3cnn4-c3ccc(F)cc3)CC2)cn1. The third kappa shape index (κ3) is 3.50. The standard InChI is InChI=1S/C22H18FN5O2S/c1-31(30)20-7-2-14(10-25-20)22(8-9-22)27-21(29)18-11-24-13-19-17(18)12-26-28(19)16-5-3-15(23)4-6-16/h2-7,10-13H,8-9H2,1H3,(H,27,29). The molecule has 0 bridgehead atoms. The molecule has 3 heterocycles. The molecule has 1 unspecified atom stereocenters. The molecule has 0 saturated heterocycles. The van der Waals surface area contributed by atoms with Crippen LogP contribution in [0, 0.1) is 5.82 Å². The summed E-state index contributed by atoms with van der Waals surface area (Å²) in [7, 11) is -1.15. The van der Waals surface area contributed by atoms with Crippen LogP contribution < -0.4 is 5.32 Å². The van der Waals surface area contributed by atoms with E-state index < -0.39 is 16.3 Å². The zero-order valence-electron chi connectivity index (χ0n) is 16.6. The van der Waals surface area contributed by atoms with Crippen LogP contribution in [0.15, 0.2) is 66.2 Å². The number of nitrogens with zero attached hydrogens (tertiary/aromatic N) is 4. The van der Waals surface area contributed by atoms with Crippen molar-refractivity contribution in [3.63, 3.8) is 0 Å². The first-order chi connectivity index (χ1) is 15.0. The first kappa shape index (κ1) is 19.5. The molecule has 0 aliphatic heterocycles. The molecule has 9 heteroatoms. The lowest BCUT2D eigenvalue weighted by Gasteiger charge is -2.18. The van der Waals surface area contributed by atoms with E-state index in [0.717, 1.165) is 18.4 Å². The number of amides is 1. The number of rotatable bonds is 5. The first-order valence-corrected chi connectivity index (χ1v) is 11.2. The molecular formula is C22H18FN5O2S. The molecule has 4 aromatic rings. The van der Waals surface area contributed by atoms with Gasteiger partial charge in [-0.05, 0) is 48.7 Å². The second-order valence-electron chi connectivity index (χ2n) is 7.53. The number of halogens is 1. The average molecular weight is 435 g/mol. The summed E-state index contributed by atoms with van der Waals surface area (Å²) in [4.78, 5) is 21.6. The predicted molar refractivity (Wildman–Crippen MR) is 114 cm³/mol. The number of carbonyl (C=O) groups is 1. The second kappa shape index (κ2) is 7.35. The zero-order valence-corrected chi connectivity index (χ0v) is 17.4. The van der Waals surface area contributed by atoms with E-state index in [4.69, 9.17) is 0 Å². The molecule has 1 fully saturated rings. The summed E-state index contributed by atoms with van der Waals surface area (Å²) in [6.07, 6.45) is 9.61. The van der Waals surface area contributed by atoms with Crippen molar-refractivity contribution in [2.24, 2.45) is 0 Å². The molecule has 0 spiro atoms. The summed E-state index contributed by atoms with van der Waals surface area (Å²) in [5.41, 5.74) is 2.15. The molecule has 7 nitrogen and oxygen atoms in total. The molecular weight excluding hydrogens is 417 g/mol. The first-order valence-electron chi connectivity index (χ1n) is 9.67. The van der Waals surface area contributed by atoms with Crippen molar-refractivity contribution in [3.05, 3.63) is 78.1 Å². The van der Waals surface area contributed by atoms with Crippen molar-refractivity contribution < 1.29 is 13.4 Å². The maximum absolute atomic E-state index is 13.3. The Morgan fingerprint density at radius 1 is 1.10 bits per heavy atom. The fourth-order valence-corrected chi connectivity index (χ4v) is 4.10. The summed E-state index contributed by atoms with van der Waals surface area (Å²) in [6.45, 7) is 0. The molecule has 5 rings (SSSR count). The van der Waals surface area contributed by atoms with E-state index in [9.17, 15) is 13.4 Å². The van der Waals surface area contributed by atoms with E-state index in [1.54, 1.807) is 47.7 Å². The van der Waals surface area contributed by atoms with E-state index in [0.29, 0.717) is 27.2 Å². The molecule has 31 heavy (non-hydrogen) atoms. The van der Waals surface area contributed by atoms with Crippen molar-refractivity contribution in [1.29, 1.82) is 0 Å². The van der Waals surface area contributed by atoms with Gasteiger partial charge in [0.15, 0.2) is 0 Å². The minimum atomic E-state index is -1.15. The highest BCUT2D eigenvalue weighted by atomic mass is 32.2. The fraction of sp³-hybridized carbons (Fsp3) is 0.182. The average Bonchev–Trinajstić information content (AvgIpc) is 3.43. The van der Waals surface area contributed by atoms with Gasteiger partial charge in [0.25, 0.3) is 5.91 Å². The largest absolute Gasteiger partial charge is 0.342 e. The number of benzene rings is 1. The van der Waals surface area contributed by atoms with Gasteiger partial charge in [0.2, 0.25) is 0 Å². The van der Waals surface area contributed by atoms with Crippen LogP contribution in [-0.4, -0.2) is 36.1 Å². The van der Waals surface area contributed by atoms with Crippen LogP contribution in [0.3, 0.4) is 0 Å². The van der Waals surface area contributed by atoms with Gasteiger partial charge in [-0.1, -0.05) is 6.07 Å². The summed E-state index contributed by atoms with van der Waals surface area (Å²) >= 11 is 0. The van der Waals surface area contributed by atoms with E-state index in [2.05, 4.69) is 20.4 Å². The Hall–Kier alpha value is -3.46. The lowest BCUT2D eigenvalue weighted by molar-refractivity contribution is 0.0932. The highest BCUT2D eigenvalue weighted by Crippen LogP contribution is 2.45. The number of carbonyl (C=O) groups excluding carboxylic acids is 1. The number of hydrogen-bond acceptors (Lipinski definition) is 5. The Bertz CT molecular complexity index is 1310. The second-order valence-corrected chi connectivity index (χ2v) is 8.85. The van der Waals surface area contributed by atoms with Crippen molar-refractivity contribution in [3.8, 4) is 5.69 Å². The predicted octanol–water partition coefficient (Wildman–Crippen LogP) is 3.11. The maximum Gasteiger partial charge on any atom is 0.254 e. The quantitative estimate of drug-likeness (QED) is 0.520. The molecule has 1 aliphatic rings. The smallest absolute Gasteiger partial charge is 0.254 e. The highest BCUT2D eigenvalue weighted by molar-refractivity contribution is 7.84. The Labute approximate surface area is 179 Å². The highest BCUT2D eigenvalue weighted by Gasteiger charge is 2.46. The molecule has 1 saturated carbocycles. The van der Waals surface area contributed by atoms with Gasteiger partial charge >= 0.3 is 0 Å². The molecule has 0 radical (unpaired) electrons. The van der Waals surface area contributed by atoms with Gasteiger partial charge in [-0.15, -0.1) is 0 Å². The third-order valence-electron chi connectivity index (χ3n) is 5.50. The molecule has 1 atom stereocenters. The zero-order chi connectivity index (χ0) is 21.6. The Morgan fingerprint density at radius 3 is 2.52 bits per heavy atom. The number of nitrogens with one attached hydrogen (secondary N) is 1. The molecule has 3 aromatic heterocycles. The summed E-state index contributed by atoms with van der Waals surface area (Å²) in [5, 5.41) is 8.65. The van der Waals surface area contributed by atoms with Crippen molar-refractivity contribution >= 4 is 27.6 Å². The van der Waals surface area contributed by atoms with Crippen molar-refractivity contribution in [2.75, 3.05) is 6.26 Å². The van der Waals surface area contributed by atoms with Gasteiger partial charge in [-0.2, -0.15) is 5.10 Å². The third-order valence-corrected chi connectivity index (χ3v) is 6.33. The Balaban J connectivity index is 1.45. The van der Waals surface area contributed by atoms with Crippen LogP contribution in [0.1, 0.15) is 28.8 Å². The van der Waals surface area contributed by atoms with E-state index in [-0.39, 0.29) is 11.7 Å². The van der Waals surface area contributed by atoms with Gasteiger partial charge < -0.3 is 5.32 Å². The van der Waals surface area contributed by atoms with Crippen LogP contribution >= 0.6 is 0 Å². The van der Waals surface area contributed by atoms with Crippen LogP contribution in [0.2, 0.25) is 0 Å². The lowest BCUT2D eigenvalue weighted by Crippen LogP contribution is -2.35. The number of pyridine rings is 2. The summed E-state index contributed by atoms with van der Waals surface area (Å²) < 4.78 is 26.5. The maximum atomic E-state index is 13.3. The van der Waals surface area contributed by atoms with Gasteiger partial charge in [0.1, 0.15) is 10.8 Å². The topological polar surface area (TPSA) is 89.8 Å². The van der Waals surface area contributed by atoms with Crippen LogP contribution in [0.25, 0.3) is 16.6 Å². The van der Waals surface area contributed by atoms with Gasteiger partial charge in [0, 0.05) is 24.0 Å². The van der Waals surface area contributed by atoms with Gasteiger partial charge in [-0.3, -0.25) is 14.0 Å². The van der Waals surface area contributed by atoms with Gasteiger partial charge in [-0.25, -0.2) is 14.1 Å². The molecule has 1 aliphatic carbocycles. The minimum absolute atomic E-state index is 0.252. The summed E-state index contributed by atoms with van der Waals surface area (Å²) in [5.74, 6) is -0.585. The minimum Gasteiger partial charge on any atom is -0.342 e. The lowest BCUT2D eigenvalue weighted by atomic mass is 10.1. The van der Waals surface area contributed by atoms with E-state index >= 15 is 0 Å². The number of hydrogen-bond donors (Lipinski definition) is 1. The van der Waals surface area contributed by atoms with Crippen LogP contribution in [-0.2, 0) is 16.3 Å². The molecule has 1 N–H and O–H groups in total. The van der Waals surface area contributed by atoms with Gasteiger partial charge in [0.05, 0.1) is 45.5 Å². The molecule has 1 amide bonds. The molecule has 1 aromatic carbocycles. The number of fused-ring (bicyclic) bond motifs is 1. The number of aromatic nitrogens is 4. The monoisotopic (exact) mass is 435 g/mol. The van der Waals surface area contributed by atoms with Crippen molar-refractivity contribution in [2.45, 2.75) is 23.4 Å². The Kier molecular flexibility index (Phi) is 4.62. The fourth-order valence-electron chi connectivity index (χ4n) is 3.64. The van der Waals surface area contributed by atoms with E-state index in [1.807, 2.05) is 6.07 Å².